The molecule has 2 aromatic heterocycles. The van der Waals surface area contributed by atoms with Gasteiger partial charge < -0.3 is 19.9 Å². The second-order valence-electron chi connectivity index (χ2n) is 6.01. The molecule has 0 bridgehead atoms. The van der Waals surface area contributed by atoms with Crippen molar-refractivity contribution in [2.45, 2.75) is 18.5 Å². The number of rotatable bonds is 4. The number of fused-ring (bicyclic) bond motifs is 1. The van der Waals surface area contributed by atoms with Gasteiger partial charge in [-0.1, -0.05) is 0 Å². The Morgan fingerprint density at radius 2 is 2.04 bits per heavy atom. The van der Waals surface area contributed by atoms with Gasteiger partial charge in [0.1, 0.15) is 11.2 Å². The Kier molecular flexibility index (Phi) is 4.88. The summed E-state index contributed by atoms with van der Waals surface area (Å²) in [5.74, 6) is -2.59. The number of piperazine rings is 1. The molecule has 12 heteroatoms. The molecular formula is C15H18FN5O5S. The highest BCUT2D eigenvalue weighted by Gasteiger charge is 2.30. The third-order valence-electron chi connectivity index (χ3n) is 4.34. The van der Waals surface area contributed by atoms with Gasteiger partial charge in [0.25, 0.3) is 10.0 Å². The quantitative estimate of drug-likeness (QED) is 0.612. The summed E-state index contributed by atoms with van der Waals surface area (Å²) in [6.45, 7) is 3.67. The molecule has 0 saturated carbocycles. The number of hydrogen-bond donors (Lipinski definition) is 3. The molecule has 2 aromatic rings. The molecule has 3 heterocycles. The lowest BCUT2D eigenvalue weighted by atomic mass is 10.1. The van der Waals surface area contributed by atoms with E-state index in [1.165, 1.54) is 0 Å². The van der Waals surface area contributed by atoms with E-state index in [4.69, 9.17) is 5.14 Å². The molecule has 27 heavy (non-hydrogen) atoms. The van der Waals surface area contributed by atoms with Crippen LogP contribution in [0.4, 0.5) is 10.2 Å². The van der Waals surface area contributed by atoms with Crippen LogP contribution in [-0.4, -0.2) is 55.2 Å². The van der Waals surface area contributed by atoms with Crippen molar-refractivity contribution in [2.75, 3.05) is 31.1 Å². The first-order valence-electron chi connectivity index (χ1n) is 8.15. The van der Waals surface area contributed by atoms with Crippen molar-refractivity contribution >= 4 is 32.8 Å². The lowest BCUT2D eigenvalue weighted by molar-refractivity contribution is 0.0689. The second kappa shape index (κ2) is 6.87. The van der Waals surface area contributed by atoms with Crippen LogP contribution in [0, 0.1) is 5.82 Å². The molecule has 4 N–H and O–H groups in total. The molecule has 0 aromatic carbocycles. The zero-order valence-corrected chi connectivity index (χ0v) is 15.2. The number of primary sulfonamides is 1. The van der Waals surface area contributed by atoms with Gasteiger partial charge in [-0.2, -0.15) is 0 Å². The molecule has 0 unspecified atom stereocenters. The number of sulfonamides is 1. The van der Waals surface area contributed by atoms with Crippen molar-refractivity contribution in [3.05, 3.63) is 27.7 Å². The lowest BCUT2D eigenvalue weighted by Crippen LogP contribution is -2.44. The number of aryl methyl sites for hydroxylation is 1. The number of carbonyl (C=O) groups is 1. The highest BCUT2D eigenvalue weighted by Crippen LogP contribution is 2.25. The molecule has 1 aliphatic heterocycles. The van der Waals surface area contributed by atoms with Gasteiger partial charge in [-0.05, 0) is 13.0 Å². The van der Waals surface area contributed by atoms with Crippen LogP contribution in [0.1, 0.15) is 17.3 Å². The van der Waals surface area contributed by atoms with Gasteiger partial charge >= 0.3 is 5.97 Å². The van der Waals surface area contributed by atoms with E-state index in [0.29, 0.717) is 26.2 Å². The predicted octanol–water partition coefficient (Wildman–Crippen LogP) is -0.689. The molecule has 0 spiro atoms. The third-order valence-corrected chi connectivity index (χ3v) is 5.30. The number of hydrogen-bond acceptors (Lipinski definition) is 7. The van der Waals surface area contributed by atoms with E-state index < -0.39 is 37.8 Å². The van der Waals surface area contributed by atoms with Crippen LogP contribution in [0.15, 0.2) is 15.9 Å². The molecule has 0 radical (unpaired) electrons. The number of aromatic nitrogens is 2. The maximum atomic E-state index is 14.6. The van der Waals surface area contributed by atoms with E-state index in [-0.39, 0.29) is 23.4 Å². The largest absolute Gasteiger partial charge is 0.477 e. The van der Waals surface area contributed by atoms with E-state index >= 15 is 0 Å². The molecular weight excluding hydrogens is 381 g/mol. The molecule has 10 nitrogen and oxygen atoms in total. The van der Waals surface area contributed by atoms with Crippen LogP contribution in [0.2, 0.25) is 0 Å². The first-order chi connectivity index (χ1) is 12.7. The highest BCUT2D eigenvalue weighted by atomic mass is 32.2. The van der Waals surface area contributed by atoms with Crippen LogP contribution in [0.25, 0.3) is 11.0 Å². The van der Waals surface area contributed by atoms with E-state index in [2.05, 4.69) is 10.3 Å². The van der Waals surface area contributed by atoms with Gasteiger partial charge in [-0.3, -0.25) is 4.79 Å². The summed E-state index contributed by atoms with van der Waals surface area (Å²) in [6.07, 6.45) is 0. The Labute approximate surface area is 153 Å². The van der Waals surface area contributed by atoms with Gasteiger partial charge in [-0.15, -0.1) is 0 Å². The summed E-state index contributed by atoms with van der Waals surface area (Å²) in [6, 6.07) is 0.896. The molecule has 1 saturated heterocycles. The van der Waals surface area contributed by atoms with Crippen molar-refractivity contribution in [3.8, 4) is 0 Å². The molecule has 1 fully saturated rings. The molecule has 1 aliphatic rings. The van der Waals surface area contributed by atoms with Crippen molar-refractivity contribution in [2.24, 2.45) is 5.14 Å². The minimum atomic E-state index is -4.56. The van der Waals surface area contributed by atoms with Crippen molar-refractivity contribution < 1.29 is 22.7 Å². The van der Waals surface area contributed by atoms with Crippen LogP contribution in [0.3, 0.4) is 0 Å². The SMILES string of the molecule is CCn1c(S(N)(=O)=O)c(C(=O)O)c(=O)c2cc(F)c(N3CCNCC3)nc21. The topological polar surface area (TPSA) is 148 Å². The van der Waals surface area contributed by atoms with Crippen LogP contribution < -0.4 is 20.8 Å². The molecule has 0 aliphatic carbocycles. The average molecular weight is 399 g/mol. The Balaban J connectivity index is 2.44. The van der Waals surface area contributed by atoms with E-state index in [1.807, 2.05) is 0 Å². The number of carboxylic acids is 1. The first-order valence-corrected chi connectivity index (χ1v) is 9.70. The van der Waals surface area contributed by atoms with Gasteiger partial charge in [-0.25, -0.2) is 27.7 Å². The maximum Gasteiger partial charge on any atom is 0.342 e. The minimum absolute atomic E-state index is 0.0333. The molecule has 0 amide bonds. The Morgan fingerprint density at radius 3 is 2.56 bits per heavy atom. The van der Waals surface area contributed by atoms with Gasteiger partial charge in [0.05, 0.1) is 5.39 Å². The van der Waals surface area contributed by atoms with Crippen molar-refractivity contribution in [1.82, 2.24) is 14.9 Å². The maximum absolute atomic E-state index is 14.6. The number of pyridine rings is 2. The lowest BCUT2D eigenvalue weighted by Gasteiger charge is -2.29. The fraction of sp³-hybridized carbons (Fsp3) is 0.400. The van der Waals surface area contributed by atoms with Crippen LogP contribution >= 0.6 is 0 Å². The summed E-state index contributed by atoms with van der Waals surface area (Å²) in [7, 11) is -4.56. The number of aromatic carboxylic acids is 1. The van der Waals surface area contributed by atoms with Crippen LogP contribution in [-0.2, 0) is 16.6 Å². The monoisotopic (exact) mass is 399 g/mol. The first kappa shape index (κ1) is 19.2. The Hall–Kier alpha value is -2.57. The number of nitrogens with two attached hydrogens (primary N) is 1. The summed E-state index contributed by atoms with van der Waals surface area (Å²) in [5, 5.41) is 16.5. The number of carboxylic acid groups (broad SMARTS) is 1. The fourth-order valence-electron chi connectivity index (χ4n) is 3.18. The third kappa shape index (κ3) is 3.26. The zero-order chi connectivity index (χ0) is 19.9. The zero-order valence-electron chi connectivity index (χ0n) is 14.4. The van der Waals surface area contributed by atoms with E-state index in [0.717, 1.165) is 10.6 Å². The van der Waals surface area contributed by atoms with E-state index in [1.54, 1.807) is 11.8 Å². The smallest absolute Gasteiger partial charge is 0.342 e. The summed E-state index contributed by atoms with van der Waals surface area (Å²) in [5.41, 5.74) is -2.31. The summed E-state index contributed by atoms with van der Waals surface area (Å²) >= 11 is 0. The van der Waals surface area contributed by atoms with Crippen LogP contribution in [0.5, 0.6) is 0 Å². The predicted molar refractivity (Wildman–Crippen MR) is 95.1 cm³/mol. The van der Waals surface area contributed by atoms with Gasteiger partial charge in [0.15, 0.2) is 16.7 Å². The summed E-state index contributed by atoms with van der Waals surface area (Å²) < 4.78 is 39.7. The van der Waals surface area contributed by atoms with E-state index in [9.17, 15) is 27.5 Å². The highest BCUT2D eigenvalue weighted by molar-refractivity contribution is 7.89. The standard InChI is InChI=1S/C15H18FN5O5S/c1-2-21-12-8(11(22)10(15(23)24)14(21)27(17,25)26)7-9(16)13(19-12)20-5-3-18-4-6-20/h7,18H,2-6H2,1H3,(H,23,24)(H2,17,25,26). The Bertz CT molecular complexity index is 1090. The Morgan fingerprint density at radius 1 is 1.41 bits per heavy atom. The minimum Gasteiger partial charge on any atom is -0.477 e. The molecule has 0 atom stereocenters. The normalized spacial score (nSPS) is 15.3. The number of halogens is 1. The average Bonchev–Trinajstić information content (AvgIpc) is 2.61. The number of anilines is 1. The number of nitrogens with zero attached hydrogens (tertiary/aromatic N) is 3. The molecule has 146 valence electrons. The second-order valence-corrected chi connectivity index (χ2v) is 7.48. The molecule has 3 rings (SSSR count). The fourth-order valence-corrected chi connectivity index (χ4v) is 4.17. The van der Waals surface area contributed by atoms with Crippen molar-refractivity contribution in [3.63, 3.8) is 0 Å². The summed E-state index contributed by atoms with van der Waals surface area (Å²) in [4.78, 5) is 30.0. The van der Waals surface area contributed by atoms with Gasteiger partial charge in [0, 0.05) is 32.7 Å². The number of nitrogens with one attached hydrogen (secondary N) is 1. The van der Waals surface area contributed by atoms with Crippen molar-refractivity contribution in [1.29, 1.82) is 0 Å². The van der Waals surface area contributed by atoms with Gasteiger partial charge in [0.2, 0.25) is 5.43 Å².